The number of aromatic nitrogens is 1. The molecule has 1 aliphatic rings. The summed E-state index contributed by atoms with van der Waals surface area (Å²) in [5.74, 6) is -2.48. The highest BCUT2D eigenvalue weighted by Crippen LogP contribution is 2.29. The fraction of sp³-hybridized carbons (Fsp3) is 0.312. The van der Waals surface area contributed by atoms with Crippen molar-refractivity contribution in [2.24, 2.45) is 0 Å². The van der Waals surface area contributed by atoms with E-state index < -0.39 is 47.5 Å². The van der Waals surface area contributed by atoms with Crippen LogP contribution in [0.15, 0.2) is 30.5 Å². The SMILES string of the molecule is O=C(Nc1ncc([N+](=O)[O-])s1)c1ccccc1O[C@H]1OC(C(=O)O)[C@H](O)[C@@H](O)[C@H]1O. The normalized spacial score (nSPS) is 26.0. The summed E-state index contributed by atoms with van der Waals surface area (Å²) in [6.07, 6.45) is -8.18. The van der Waals surface area contributed by atoms with E-state index in [0.29, 0.717) is 11.3 Å². The molecule has 160 valence electrons. The first-order chi connectivity index (χ1) is 14.2. The monoisotopic (exact) mass is 441 g/mol. The number of carbonyl (C=O) groups is 2. The van der Waals surface area contributed by atoms with Crippen LogP contribution < -0.4 is 10.1 Å². The Bertz CT molecular complexity index is 966. The van der Waals surface area contributed by atoms with E-state index >= 15 is 0 Å². The number of amides is 1. The van der Waals surface area contributed by atoms with Crippen LogP contribution in [0.25, 0.3) is 0 Å². The second-order valence-electron chi connectivity index (χ2n) is 6.06. The molecule has 2 aromatic rings. The van der Waals surface area contributed by atoms with Crippen LogP contribution in [0.5, 0.6) is 5.75 Å². The van der Waals surface area contributed by atoms with Gasteiger partial charge in [0.2, 0.25) is 6.29 Å². The Balaban J connectivity index is 1.79. The van der Waals surface area contributed by atoms with Crippen LogP contribution in [-0.2, 0) is 9.53 Å². The van der Waals surface area contributed by atoms with Crippen molar-refractivity contribution < 1.29 is 44.4 Å². The highest BCUT2D eigenvalue weighted by molar-refractivity contribution is 7.18. The molecule has 30 heavy (non-hydrogen) atoms. The molecule has 14 heteroatoms. The number of nitrogens with zero attached hydrogens (tertiary/aromatic N) is 2. The van der Waals surface area contributed by atoms with Crippen LogP contribution in [-0.4, -0.2) is 72.9 Å². The number of rotatable bonds is 6. The number of nitro groups is 1. The van der Waals surface area contributed by atoms with Crippen LogP contribution in [0.2, 0.25) is 0 Å². The number of aliphatic carboxylic acids is 1. The van der Waals surface area contributed by atoms with Crippen molar-refractivity contribution in [3.63, 3.8) is 0 Å². The van der Waals surface area contributed by atoms with Gasteiger partial charge < -0.3 is 29.9 Å². The summed E-state index contributed by atoms with van der Waals surface area (Å²) in [6, 6.07) is 5.63. The largest absolute Gasteiger partial charge is 0.479 e. The molecule has 1 aromatic carbocycles. The number of benzene rings is 1. The summed E-state index contributed by atoms with van der Waals surface area (Å²) in [7, 11) is 0. The Kier molecular flexibility index (Phi) is 6.23. The number of ether oxygens (including phenoxy) is 2. The van der Waals surface area contributed by atoms with Gasteiger partial charge in [0.15, 0.2) is 11.2 Å². The Hall–Kier alpha value is -3.17. The number of aliphatic hydroxyl groups excluding tert-OH is 3. The molecule has 0 saturated carbocycles. The molecule has 3 rings (SSSR count). The maximum Gasteiger partial charge on any atom is 0.345 e. The number of hydrogen-bond donors (Lipinski definition) is 5. The van der Waals surface area contributed by atoms with Crippen LogP contribution >= 0.6 is 11.3 Å². The van der Waals surface area contributed by atoms with Crippen molar-refractivity contribution in [2.75, 3.05) is 5.32 Å². The zero-order valence-corrected chi connectivity index (χ0v) is 15.6. The highest BCUT2D eigenvalue weighted by Gasteiger charge is 2.48. The molecule has 0 bridgehead atoms. The number of hydrogen-bond acceptors (Lipinski definition) is 11. The van der Waals surface area contributed by atoms with Gasteiger partial charge in [-0.05, 0) is 23.5 Å². The summed E-state index contributed by atoms with van der Waals surface area (Å²) < 4.78 is 10.4. The molecule has 5 atom stereocenters. The molecule has 1 aromatic heterocycles. The van der Waals surface area contributed by atoms with Gasteiger partial charge in [-0.3, -0.25) is 20.2 Å². The first-order valence-electron chi connectivity index (χ1n) is 8.28. The van der Waals surface area contributed by atoms with E-state index in [-0.39, 0.29) is 21.4 Å². The van der Waals surface area contributed by atoms with Crippen molar-refractivity contribution in [2.45, 2.75) is 30.7 Å². The average Bonchev–Trinajstić information content (AvgIpc) is 3.17. The van der Waals surface area contributed by atoms with Gasteiger partial charge in [0.25, 0.3) is 5.91 Å². The lowest BCUT2D eigenvalue weighted by molar-refractivity contribution is -0.380. The van der Waals surface area contributed by atoms with Gasteiger partial charge in [0.1, 0.15) is 30.3 Å². The molecule has 1 fully saturated rings. The van der Waals surface area contributed by atoms with E-state index in [4.69, 9.17) is 14.6 Å². The minimum Gasteiger partial charge on any atom is -0.479 e. The maximum atomic E-state index is 12.5. The van der Waals surface area contributed by atoms with Gasteiger partial charge in [-0.2, -0.15) is 0 Å². The second kappa shape index (κ2) is 8.68. The van der Waals surface area contributed by atoms with Crippen LogP contribution in [0, 0.1) is 10.1 Å². The number of nitrogens with one attached hydrogen (secondary N) is 1. The van der Waals surface area contributed by atoms with Crippen molar-refractivity contribution in [1.82, 2.24) is 4.98 Å². The molecule has 13 nitrogen and oxygen atoms in total. The van der Waals surface area contributed by atoms with E-state index in [1.807, 2.05) is 0 Å². The smallest absolute Gasteiger partial charge is 0.345 e. The number of carboxylic acids is 1. The molecule has 1 aliphatic heterocycles. The third kappa shape index (κ3) is 4.37. The van der Waals surface area contributed by atoms with Gasteiger partial charge in [-0.25, -0.2) is 9.78 Å². The van der Waals surface area contributed by atoms with Gasteiger partial charge in [-0.15, -0.1) is 0 Å². The molecule has 1 saturated heterocycles. The summed E-state index contributed by atoms with van der Waals surface area (Å²) in [6.45, 7) is 0. The number of anilines is 1. The summed E-state index contributed by atoms with van der Waals surface area (Å²) in [5, 5.41) is 51.5. The fourth-order valence-corrected chi connectivity index (χ4v) is 3.23. The third-order valence-corrected chi connectivity index (χ3v) is 4.95. The van der Waals surface area contributed by atoms with Crippen molar-refractivity contribution in [3.8, 4) is 5.75 Å². The Labute approximate surface area is 171 Å². The molecule has 1 unspecified atom stereocenters. The summed E-state index contributed by atoms with van der Waals surface area (Å²) in [5.41, 5.74) is -0.0846. The Morgan fingerprint density at radius 3 is 2.53 bits per heavy atom. The number of para-hydroxylation sites is 1. The zero-order chi connectivity index (χ0) is 22.0. The molecule has 1 amide bonds. The molecule has 0 aliphatic carbocycles. The first-order valence-corrected chi connectivity index (χ1v) is 9.10. The van der Waals surface area contributed by atoms with E-state index in [0.717, 1.165) is 6.20 Å². The standard InChI is InChI=1S/C16H15N3O10S/c20-9-10(21)12(14(24)25)29-15(11(9)22)28-7-4-2-1-3-6(7)13(23)18-16-17-5-8(30-16)19(26)27/h1-5,9-12,15,20-22H,(H,24,25)(H,17,18,23)/t9-,10-,11-,12?,15+/m1/s1. The predicted molar refractivity (Wildman–Crippen MR) is 98.1 cm³/mol. The van der Waals surface area contributed by atoms with E-state index in [1.165, 1.54) is 24.3 Å². The molecule has 0 spiro atoms. The lowest BCUT2D eigenvalue weighted by Gasteiger charge is -2.38. The van der Waals surface area contributed by atoms with Crippen LogP contribution in [0.4, 0.5) is 10.1 Å². The van der Waals surface area contributed by atoms with Crippen LogP contribution in [0.1, 0.15) is 10.4 Å². The zero-order valence-electron chi connectivity index (χ0n) is 14.8. The number of carboxylic acid groups (broad SMARTS) is 1. The van der Waals surface area contributed by atoms with Gasteiger partial charge in [0.05, 0.1) is 10.5 Å². The Morgan fingerprint density at radius 1 is 1.20 bits per heavy atom. The second-order valence-corrected chi connectivity index (χ2v) is 7.07. The first kappa shape index (κ1) is 21.5. The molecular weight excluding hydrogens is 426 g/mol. The van der Waals surface area contributed by atoms with E-state index in [2.05, 4.69) is 10.3 Å². The van der Waals surface area contributed by atoms with E-state index in [9.17, 15) is 35.0 Å². The van der Waals surface area contributed by atoms with Gasteiger partial charge in [0, 0.05) is 0 Å². The third-order valence-electron chi connectivity index (χ3n) is 4.08. The minimum atomic E-state index is -1.89. The molecular formula is C16H15N3O10S. The molecule has 2 heterocycles. The minimum absolute atomic E-state index is 0.0417. The summed E-state index contributed by atoms with van der Waals surface area (Å²) >= 11 is 0.636. The Morgan fingerprint density at radius 2 is 1.90 bits per heavy atom. The highest BCUT2D eigenvalue weighted by atomic mass is 32.1. The lowest BCUT2D eigenvalue weighted by Crippen LogP contribution is -2.61. The predicted octanol–water partition coefficient (Wildman–Crippen LogP) is -0.425. The van der Waals surface area contributed by atoms with Gasteiger partial charge in [-0.1, -0.05) is 12.1 Å². The quantitative estimate of drug-likeness (QED) is 0.288. The van der Waals surface area contributed by atoms with Crippen molar-refractivity contribution in [1.29, 1.82) is 0 Å². The van der Waals surface area contributed by atoms with Crippen molar-refractivity contribution in [3.05, 3.63) is 46.1 Å². The topological polar surface area (TPSA) is 202 Å². The number of aliphatic hydroxyl groups is 3. The summed E-state index contributed by atoms with van der Waals surface area (Å²) in [4.78, 5) is 37.5. The van der Waals surface area contributed by atoms with Crippen LogP contribution in [0.3, 0.4) is 0 Å². The number of thiazole rings is 1. The van der Waals surface area contributed by atoms with Gasteiger partial charge >= 0.3 is 11.0 Å². The average molecular weight is 441 g/mol. The maximum absolute atomic E-state index is 12.5. The van der Waals surface area contributed by atoms with Crippen molar-refractivity contribution >= 4 is 33.3 Å². The number of carbonyl (C=O) groups excluding carboxylic acids is 1. The molecule has 5 N–H and O–H groups in total. The van der Waals surface area contributed by atoms with E-state index in [1.54, 1.807) is 0 Å². The lowest BCUT2D eigenvalue weighted by atomic mass is 9.99. The molecule has 0 radical (unpaired) electrons. The fourth-order valence-electron chi connectivity index (χ4n) is 2.60.